The van der Waals surface area contributed by atoms with Gasteiger partial charge in [0.1, 0.15) is 5.01 Å². The first kappa shape index (κ1) is 11.0. The number of hydrogen-bond donors (Lipinski definition) is 1. The molecule has 0 fully saturated rings. The molecule has 0 bridgehead atoms. The van der Waals surface area contributed by atoms with Gasteiger partial charge < -0.3 is 9.67 Å². The number of imidazole rings is 1. The lowest BCUT2D eigenvalue weighted by atomic mass is 10.3. The molecule has 18 heavy (non-hydrogen) atoms. The maximum absolute atomic E-state index is 11.1. The minimum absolute atomic E-state index is 0.128. The zero-order chi connectivity index (χ0) is 12.9. The number of rotatable bonds is 2. The number of nitrogens with zero attached hydrogens (tertiary/aromatic N) is 4. The first-order valence-corrected chi connectivity index (χ1v) is 6.09. The van der Waals surface area contributed by atoms with Crippen LogP contribution in [0, 0.1) is 6.92 Å². The minimum Gasteiger partial charge on any atom is -0.476 e. The third-order valence-corrected chi connectivity index (χ3v) is 3.62. The molecule has 6 nitrogen and oxygen atoms in total. The molecule has 0 atom stereocenters. The average molecular weight is 262 g/mol. The summed E-state index contributed by atoms with van der Waals surface area (Å²) in [5.74, 6) is -1.01. The normalized spacial score (nSPS) is 11.2. The minimum atomic E-state index is -1.01. The van der Waals surface area contributed by atoms with Crippen molar-refractivity contribution in [1.82, 2.24) is 19.2 Å². The highest BCUT2D eigenvalue weighted by Gasteiger charge is 2.19. The van der Waals surface area contributed by atoms with Crippen LogP contribution in [0.4, 0.5) is 0 Å². The van der Waals surface area contributed by atoms with Crippen molar-refractivity contribution >= 4 is 22.3 Å². The van der Waals surface area contributed by atoms with Crippen molar-refractivity contribution in [2.75, 3.05) is 0 Å². The summed E-state index contributed by atoms with van der Waals surface area (Å²) in [7, 11) is 1.93. The highest BCUT2D eigenvalue weighted by atomic mass is 32.1. The van der Waals surface area contributed by atoms with Gasteiger partial charge in [0.25, 0.3) is 0 Å². The summed E-state index contributed by atoms with van der Waals surface area (Å²) in [6, 6.07) is 1.94. The molecule has 92 valence electrons. The second-order valence-corrected chi connectivity index (χ2v) is 4.97. The number of aromatic nitrogens is 4. The number of fused-ring (bicyclic) bond motifs is 1. The van der Waals surface area contributed by atoms with Crippen LogP contribution in [0.3, 0.4) is 0 Å². The van der Waals surface area contributed by atoms with Crippen LogP contribution in [-0.2, 0) is 7.05 Å². The summed E-state index contributed by atoms with van der Waals surface area (Å²) in [5, 5.41) is 14.2. The van der Waals surface area contributed by atoms with Gasteiger partial charge in [0.2, 0.25) is 4.96 Å². The van der Waals surface area contributed by atoms with Gasteiger partial charge in [-0.25, -0.2) is 9.78 Å². The molecule has 0 aromatic carbocycles. The van der Waals surface area contributed by atoms with Crippen LogP contribution in [0.2, 0.25) is 0 Å². The Morgan fingerprint density at radius 1 is 1.50 bits per heavy atom. The highest BCUT2D eigenvalue weighted by molar-refractivity contribution is 7.19. The lowest BCUT2D eigenvalue weighted by Crippen LogP contribution is -2.04. The maximum atomic E-state index is 11.1. The van der Waals surface area contributed by atoms with Gasteiger partial charge in [-0.1, -0.05) is 11.3 Å². The van der Waals surface area contributed by atoms with Crippen molar-refractivity contribution < 1.29 is 9.90 Å². The molecule has 0 saturated carbocycles. The number of carboxylic acid groups (broad SMARTS) is 1. The smallest absolute Gasteiger partial charge is 0.356 e. The van der Waals surface area contributed by atoms with E-state index >= 15 is 0 Å². The van der Waals surface area contributed by atoms with Gasteiger partial charge in [-0.3, -0.25) is 0 Å². The molecular weight excluding hydrogens is 252 g/mol. The van der Waals surface area contributed by atoms with Crippen LogP contribution in [0.5, 0.6) is 0 Å². The van der Waals surface area contributed by atoms with Gasteiger partial charge in [0.05, 0.1) is 5.69 Å². The van der Waals surface area contributed by atoms with Gasteiger partial charge in [0.15, 0.2) is 5.69 Å². The van der Waals surface area contributed by atoms with Gasteiger partial charge in [-0.15, -0.1) is 0 Å². The van der Waals surface area contributed by atoms with E-state index in [1.165, 1.54) is 15.9 Å². The molecule has 7 heteroatoms. The van der Waals surface area contributed by atoms with E-state index in [2.05, 4.69) is 10.1 Å². The van der Waals surface area contributed by atoms with E-state index in [9.17, 15) is 4.79 Å². The summed E-state index contributed by atoms with van der Waals surface area (Å²) in [6.07, 6.45) is 3.86. The third kappa shape index (κ3) is 1.52. The number of aromatic carboxylic acids is 1. The lowest BCUT2D eigenvalue weighted by Gasteiger charge is -1.92. The Hall–Kier alpha value is -2.15. The Morgan fingerprint density at radius 3 is 2.89 bits per heavy atom. The summed E-state index contributed by atoms with van der Waals surface area (Å²) in [4.78, 5) is 16.0. The summed E-state index contributed by atoms with van der Waals surface area (Å²) >= 11 is 1.38. The molecule has 0 amide bonds. The van der Waals surface area contributed by atoms with Crippen LogP contribution in [0.25, 0.3) is 15.5 Å². The largest absolute Gasteiger partial charge is 0.476 e. The molecule has 3 heterocycles. The zero-order valence-electron chi connectivity index (χ0n) is 9.78. The second kappa shape index (κ2) is 3.67. The zero-order valence-corrected chi connectivity index (χ0v) is 10.6. The maximum Gasteiger partial charge on any atom is 0.356 e. The molecule has 0 unspecified atom stereocenters. The van der Waals surface area contributed by atoms with Gasteiger partial charge in [0, 0.05) is 25.0 Å². The topological polar surface area (TPSA) is 72.4 Å². The van der Waals surface area contributed by atoms with E-state index in [1.54, 1.807) is 6.92 Å². The van der Waals surface area contributed by atoms with Crippen molar-refractivity contribution in [2.45, 2.75) is 6.92 Å². The van der Waals surface area contributed by atoms with Crippen LogP contribution in [0.1, 0.15) is 16.2 Å². The molecule has 0 aliphatic rings. The molecule has 0 radical (unpaired) electrons. The van der Waals surface area contributed by atoms with E-state index in [0.29, 0.717) is 10.7 Å². The molecule has 1 N–H and O–H groups in total. The Morgan fingerprint density at radius 2 is 2.28 bits per heavy atom. The van der Waals surface area contributed by atoms with E-state index in [-0.39, 0.29) is 5.69 Å². The fraction of sp³-hybridized carbons (Fsp3) is 0.182. The van der Waals surface area contributed by atoms with Gasteiger partial charge in [-0.2, -0.15) is 9.61 Å². The van der Waals surface area contributed by atoms with E-state index in [0.717, 1.165) is 10.6 Å². The number of aryl methyl sites for hydroxylation is 2. The molecule has 0 aliphatic carbocycles. The molecule has 0 aliphatic heterocycles. The van der Waals surface area contributed by atoms with Crippen molar-refractivity contribution in [3.05, 3.63) is 29.8 Å². The van der Waals surface area contributed by atoms with Crippen molar-refractivity contribution in [1.29, 1.82) is 0 Å². The van der Waals surface area contributed by atoms with Crippen molar-refractivity contribution in [3.8, 4) is 10.6 Å². The first-order chi connectivity index (χ1) is 8.56. The van der Waals surface area contributed by atoms with Gasteiger partial charge in [-0.05, 0) is 13.0 Å². The number of hydrogen-bond acceptors (Lipinski definition) is 4. The Labute approximate surface area is 106 Å². The summed E-state index contributed by atoms with van der Waals surface area (Å²) in [5.41, 5.74) is 1.58. The summed E-state index contributed by atoms with van der Waals surface area (Å²) < 4.78 is 3.31. The Balaban J connectivity index is 2.20. The van der Waals surface area contributed by atoms with Crippen LogP contribution < -0.4 is 0 Å². The van der Waals surface area contributed by atoms with Crippen LogP contribution in [-0.4, -0.2) is 30.2 Å². The van der Waals surface area contributed by atoms with E-state index < -0.39 is 5.97 Å². The fourth-order valence-corrected chi connectivity index (χ4v) is 2.78. The first-order valence-electron chi connectivity index (χ1n) is 5.28. The van der Waals surface area contributed by atoms with Crippen molar-refractivity contribution in [2.24, 2.45) is 7.05 Å². The Bertz CT molecular complexity index is 752. The predicted molar refractivity (Wildman–Crippen MR) is 67.0 cm³/mol. The third-order valence-electron chi connectivity index (χ3n) is 2.66. The monoisotopic (exact) mass is 262 g/mol. The molecule has 3 aromatic heterocycles. The molecule has 3 aromatic rings. The fourth-order valence-electron chi connectivity index (χ4n) is 1.84. The number of carbonyl (C=O) groups is 1. The highest BCUT2D eigenvalue weighted by Crippen LogP contribution is 2.27. The number of carboxylic acids is 1. The van der Waals surface area contributed by atoms with Gasteiger partial charge >= 0.3 is 5.97 Å². The SMILES string of the molecule is Cc1nc2sc(-c3ccn(C)c3)nn2c1C(=O)O. The molecule has 0 saturated heterocycles. The average Bonchev–Trinajstić information content (AvgIpc) is 2.90. The second-order valence-electron chi connectivity index (χ2n) is 4.02. The Kier molecular flexibility index (Phi) is 2.24. The standard InChI is InChI=1S/C11H10N4O2S/c1-6-8(10(16)17)15-11(12-6)18-9(13-15)7-3-4-14(2)5-7/h3-5H,1-2H3,(H,16,17). The quantitative estimate of drug-likeness (QED) is 0.764. The van der Waals surface area contributed by atoms with E-state index in [4.69, 9.17) is 5.11 Å². The van der Waals surface area contributed by atoms with Crippen molar-refractivity contribution in [3.63, 3.8) is 0 Å². The lowest BCUT2D eigenvalue weighted by molar-refractivity contribution is 0.0687. The molecule has 0 spiro atoms. The summed E-state index contributed by atoms with van der Waals surface area (Å²) in [6.45, 7) is 1.67. The predicted octanol–water partition coefficient (Wildman–Crippen LogP) is 1.80. The van der Waals surface area contributed by atoms with E-state index in [1.807, 2.05) is 30.1 Å². The van der Waals surface area contributed by atoms with Crippen LogP contribution >= 0.6 is 11.3 Å². The van der Waals surface area contributed by atoms with Crippen LogP contribution in [0.15, 0.2) is 18.5 Å². The molecule has 3 rings (SSSR count). The molecular formula is C11H10N4O2S.